The predicted octanol–water partition coefficient (Wildman–Crippen LogP) is 2.27. The van der Waals surface area contributed by atoms with Crippen LogP contribution in [0.15, 0.2) is 64.9 Å². The topological polar surface area (TPSA) is 111 Å². The molecule has 0 saturated carbocycles. The second-order valence-electron chi connectivity index (χ2n) is 5.64. The van der Waals surface area contributed by atoms with Crippen LogP contribution in [-0.4, -0.2) is 28.2 Å². The van der Waals surface area contributed by atoms with Crippen molar-refractivity contribution in [1.29, 1.82) is 0 Å². The minimum absolute atomic E-state index is 0.0841. The number of benzene rings is 2. The first-order chi connectivity index (χ1) is 12.4. The van der Waals surface area contributed by atoms with Crippen molar-refractivity contribution in [3.8, 4) is 11.5 Å². The van der Waals surface area contributed by atoms with Crippen LogP contribution in [0.2, 0.25) is 0 Å². The summed E-state index contributed by atoms with van der Waals surface area (Å²) in [5, 5.41) is 25.2. The number of phenolic OH excluding ortho intramolecular Hbond substituents is 2. The van der Waals surface area contributed by atoms with Crippen LogP contribution in [0.5, 0.6) is 11.5 Å². The molecule has 0 aliphatic carbocycles. The van der Waals surface area contributed by atoms with E-state index in [1.165, 1.54) is 18.3 Å². The summed E-state index contributed by atoms with van der Waals surface area (Å²) in [5.74, 6) is -1.26. The van der Waals surface area contributed by atoms with Crippen molar-refractivity contribution in [2.24, 2.45) is 5.10 Å². The Labute approximate surface area is 150 Å². The van der Waals surface area contributed by atoms with Gasteiger partial charge in [0.2, 0.25) is 0 Å². The average Bonchev–Trinajstić information content (AvgIpc) is 2.61. The van der Waals surface area contributed by atoms with Crippen molar-refractivity contribution >= 4 is 18.0 Å². The zero-order valence-corrected chi connectivity index (χ0v) is 14.4. The normalized spacial score (nSPS) is 10.4. The number of hydrogen-bond acceptors (Lipinski definition) is 5. The molecule has 0 aromatic heterocycles. The standard InChI is InChI=1S/C19H19N3O4/c1-12(2)17(21-18(25)13-6-4-3-5-7-13)19(26)22-20-11-14-8-9-15(23)10-16(14)24/h3-11,23-24H,1-2H3,(H,21,25)(H,22,26). The van der Waals surface area contributed by atoms with Gasteiger partial charge >= 0.3 is 0 Å². The van der Waals surface area contributed by atoms with E-state index < -0.39 is 11.8 Å². The third-order valence-corrected chi connectivity index (χ3v) is 3.39. The zero-order chi connectivity index (χ0) is 19.1. The van der Waals surface area contributed by atoms with Gasteiger partial charge in [-0.25, -0.2) is 5.43 Å². The maximum absolute atomic E-state index is 12.3. The van der Waals surface area contributed by atoms with Crippen molar-refractivity contribution in [3.63, 3.8) is 0 Å². The first-order valence-corrected chi connectivity index (χ1v) is 7.77. The van der Waals surface area contributed by atoms with Gasteiger partial charge in [0.05, 0.1) is 6.21 Å². The van der Waals surface area contributed by atoms with Crippen molar-refractivity contribution < 1.29 is 19.8 Å². The molecule has 2 aromatic rings. The van der Waals surface area contributed by atoms with Crippen LogP contribution < -0.4 is 10.7 Å². The summed E-state index contributed by atoms with van der Waals surface area (Å²) < 4.78 is 0. The molecule has 134 valence electrons. The van der Waals surface area contributed by atoms with Gasteiger partial charge in [0.25, 0.3) is 11.8 Å². The van der Waals surface area contributed by atoms with Crippen molar-refractivity contribution in [1.82, 2.24) is 10.7 Å². The predicted molar refractivity (Wildman–Crippen MR) is 97.8 cm³/mol. The van der Waals surface area contributed by atoms with Crippen LogP contribution >= 0.6 is 0 Å². The maximum Gasteiger partial charge on any atom is 0.287 e. The third kappa shape index (κ3) is 4.94. The van der Waals surface area contributed by atoms with Crippen molar-refractivity contribution in [2.75, 3.05) is 0 Å². The largest absolute Gasteiger partial charge is 0.508 e. The van der Waals surface area contributed by atoms with E-state index in [1.807, 2.05) is 0 Å². The van der Waals surface area contributed by atoms with Crippen LogP contribution in [0.1, 0.15) is 29.8 Å². The number of carbonyl (C=O) groups excluding carboxylic acids is 2. The number of phenols is 2. The van der Waals surface area contributed by atoms with Crippen LogP contribution in [0.3, 0.4) is 0 Å². The summed E-state index contributed by atoms with van der Waals surface area (Å²) in [7, 11) is 0. The molecule has 0 saturated heterocycles. The van der Waals surface area contributed by atoms with Crippen LogP contribution in [0, 0.1) is 0 Å². The van der Waals surface area contributed by atoms with Gasteiger partial charge in [0.15, 0.2) is 0 Å². The molecular weight excluding hydrogens is 334 g/mol. The number of aromatic hydroxyl groups is 2. The average molecular weight is 353 g/mol. The van der Waals surface area contributed by atoms with Gasteiger partial charge in [-0.3, -0.25) is 9.59 Å². The molecule has 0 unspecified atom stereocenters. The summed E-state index contributed by atoms with van der Waals surface area (Å²) in [5.41, 5.74) is 3.73. The van der Waals surface area contributed by atoms with E-state index in [-0.39, 0.29) is 17.2 Å². The molecule has 2 rings (SSSR count). The van der Waals surface area contributed by atoms with E-state index in [9.17, 15) is 19.8 Å². The Bertz CT molecular complexity index is 870. The summed E-state index contributed by atoms with van der Waals surface area (Å²) in [6, 6.07) is 12.5. The first-order valence-electron chi connectivity index (χ1n) is 7.77. The molecule has 7 heteroatoms. The third-order valence-electron chi connectivity index (χ3n) is 3.39. The Morgan fingerprint density at radius 2 is 1.73 bits per heavy atom. The van der Waals surface area contributed by atoms with Gasteiger partial charge < -0.3 is 15.5 Å². The molecular formula is C19H19N3O4. The summed E-state index contributed by atoms with van der Waals surface area (Å²) in [6.45, 7) is 3.38. The molecule has 2 aromatic carbocycles. The fourth-order valence-electron chi connectivity index (χ4n) is 2.04. The molecule has 0 heterocycles. The monoisotopic (exact) mass is 353 g/mol. The Morgan fingerprint density at radius 1 is 1.04 bits per heavy atom. The van der Waals surface area contributed by atoms with Gasteiger partial charge in [-0.15, -0.1) is 0 Å². The van der Waals surface area contributed by atoms with Crippen LogP contribution in [0.25, 0.3) is 0 Å². The van der Waals surface area contributed by atoms with E-state index in [1.54, 1.807) is 44.2 Å². The lowest BCUT2D eigenvalue weighted by Gasteiger charge is -2.10. The lowest BCUT2D eigenvalue weighted by Crippen LogP contribution is -2.33. The highest BCUT2D eigenvalue weighted by Gasteiger charge is 2.15. The highest BCUT2D eigenvalue weighted by atomic mass is 16.3. The molecule has 4 N–H and O–H groups in total. The molecule has 0 atom stereocenters. The van der Waals surface area contributed by atoms with Crippen LogP contribution in [-0.2, 0) is 4.79 Å². The number of carbonyl (C=O) groups is 2. The molecule has 2 amide bonds. The number of nitrogens with one attached hydrogen (secondary N) is 2. The Hall–Kier alpha value is -3.61. The number of amides is 2. The highest BCUT2D eigenvalue weighted by molar-refractivity contribution is 6.03. The summed E-state index contributed by atoms with van der Waals surface area (Å²) in [4.78, 5) is 24.5. The molecule has 0 spiro atoms. The second-order valence-corrected chi connectivity index (χ2v) is 5.64. The zero-order valence-electron chi connectivity index (χ0n) is 14.4. The molecule has 0 radical (unpaired) electrons. The number of nitrogens with zero attached hydrogens (tertiary/aromatic N) is 1. The highest BCUT2D eigenvalue weighted by Crippen LogP contribution is 2.20. The Kier molecular flexibility index (Phi) is 6.10. The van der Waals surface area contributed by atoms with Gasteiger partial charge in [0.1, 0.15) is 17.2 Å². The Balaban J connectivity index is 2.06. The molecule has 7 nitrogen and oxygen atoms in total. The fraction of sp³-hybridized carbons (Fsp3) is 0.105. The number of rotatable bonds is 5. The Morgan fingerprint density at radius 3 is 2.35 bits per heavy atom. The maximum atomic E-state index is 12.3. The van der Waals surface area contributed by atoms with E-state index in [4.69, 9.17) is 0 Å². The number of hydrogen-bond donors (Lipinski definition) is 4. The SMILES string of the molecule is CC(C)=C(NC(=O)c1ccccc1)C(=O)NN=Cc1ccc(O)cc1O. The molecule has 26 heavy (non-hydrogen) atoms. The van der Waals surface area contributed by atoms with Gasteiger partial charge in [-0.1, -0.05) is 18.2 Å². The minimum atomic E-state index is -0.594. The van der Waals surface area contributed by atoms with Gasteiger partial charge in [-0.2, -0.15) is 5.10 Å². The summed E-state index contributed by atoms with van der Waals surface area (Å²) >= 11 is 0. The first kappa shape index (κ1) is 18.7. The fourth-order valence-corrected chi connectivity index (χ4v) is 2.04. The van der Waals surface area contributed by atoms with Gasteiger partial charge in [0, 0.05) is 17.2 Å². The number of hydrazone groups is 1. The van der Waals surface area contributed by atoms with E-state index in [0.29, 0.717) is 16.7 Å². The summed E-state index contributed by atoms with van der Waals surface area (Å²) in [6.07, 6.45) is 1.23. The lowest BCUT2D eigenvalue weighted by atomic mass is 10.2. The quantitative estimate of drug-likeness (QED) is 0.375. The molecule has 0 aliphatic heterocycles. The smallest absolute Gasteiger partial charge is 0.287 e. The van der Waals surface area contributed by atoms with E-state index in [0.717, 1.165) is 6.07 Å². The second kappa shape index (κ2) is 8.48. The van der Waals surface area contributed by atoms with Crippen molar-refractivity contribution in [2.45, 2.75) is 13.8 Å². The number of allylic oxidation sites excluding steroid dienone is 1. The van der Waals surface area contributed by atoms with Crippen molar-refractivity contribution in [3.05, 3.63) is 70.9 Å². The molecule has 0 fully saturated rings. The van der Waals surface area contributed by atoms with E-state index >= 15 is 0 Å². The molecule has 0 aliphatic rings. The van der Waals surface area contributed by atoms with E-state index in [2.05, 4.69) is 15.8 Å². The molecule has 0 bridgehead atoms. The van der Waals surface area contributed by atoms with Gasteiger partial charge in [-0.05, 0) is 43.7 Å². The van der Waals surface area contributed by atoms with Crippen LogP contribution in [0.4, 0.5) is 0 Å². The lowest BCUT2D eigenvalue weighted by molar-refractivity contribution is -0.117. The minimum Gasteiger partial charge on any atom is -0.508 e.